The van der Waals surface area contributed by atoms with Crippen molar-refractivity contribution >= 4 is 49.4 Å². The third-order valence-corrected chi connectivity index (χ3v) is 7.20. The average molecular weight is 505 g/mol. The Labute approximate surface area is 193 Å². The SMILES string of the molecule is CCOC(=O)[C@H]1CCCN(C(=O)c2cc3sc(Br)cc3n2Cc2ccccc2OC)C1. The summed E-state index contributed by atoms with van der Waals surface area (Å²) in [7, 11) is 1.65. The van der Waals surface area contributed by atoms with Gasteiger partial charge in [-0.15, -0.1) is 11.3 Å². The van der Waals surface area contributed by atoms with Crippen LogP contribution in [0.5, 0.6) is 5.75 Å². The lowest BCUT2D eigenvalue weighted by Gasteiger charge is -2.31. The van der Waals surface area contributed by atoms with Gasteiger partial charge in [0.05, 0.1) is 40.2 Å². The number of hydrogen-bond donors (Lipinski definition) is 0. The minimum Gasteiger partial charge on any atom is -0.496 e. The summed E-state index contributed by atoms with van der Waals surface area (Å²) in [5.41, 5.74) is 2.64. The van der Waals surface area contributed by atoms with Gasteiger partial charge < -0.3 is 18.9 Å². The van der Waals surface area contributed by atoms with Crippen LogP contribution in [0.3, 0.4) is 0 Å². The van der Waals surface area contributed by atoms with Gasteiger partial charge in [0.1, 0.15) is 11.4 Å². The zero-order valence-electron chi connectivity index (χ0n) is 17.6. The molecule has 4 rings (SSSR count). The van der Waals surface area contributed by atoms with Gasteiger partial charge in [-0.1, -0.05) is 18.2 Å². The van der Waals surface area contributed by atoms with Crippen LogP contribution in [-0.2, 0) is 16.1 Å². The normalized spacial score (nSPS) is 16.5. The number of ether oxygens (including phenoxy) is 2. The number of thiophene rings is 1. The van der Waals surface area contributed by atoms with Gasteiger partial charge in [-0.05, 0) is 53.9 Å². The molecule has 1 aliphatic heterocycles. The highest BCUT2D eigenvalue weighted by Gasteiger charge is 2.31. The number of methoxy groups -OCH3 is 1. The van der Waals surface area contributed by atoms with Crippen LogP contribution in [0.1, 0.15) is 35.8 Å². The number of carbonyl (C=O) groups excluding carboxylic acids is 2. The minimum atomic E-state index is -0.259. The first-order valence-electron chi connectivity index (χ1n) is 10.4. The van der Waals surface area contributed by atoms with E-state index >= 15 is 0 Å². The summed E-state index contributed by atoms with van der Waals surface area (Å²) in [6.07, 6.45) is 1.55. The summed E-state index contributed by atoms with van der Waals surface area (Å²) in [6, 6.07) is 11.8. The van der Waals surface area contributed by atoms with Crippen LogP contribution >= 0.6 is 27.3 Å². The fourth-order valence-corrected chi connectivity index (χ4v) is 5.70. The Bertz CT molecular complexity index is 1110. The van der Waals surface area contributed by atoms with Crippen LogP contribution in [0, 0.1) is 5.92 Å². The first-order chi connectivity index (χ1) is 15.0. The van der Waals surface area contributed by atoms with E-state index in [1.165, 1.54) is 0 Å². The second kappa shape index (κ2) is 9.44. The van der Waals surface area contributed by atoms with E-state index in [1.807, 2.05) is 41.0 Å². The van der Waals surface area contributed by atoms with E-state index in [4.69, 9.17) is 9.47 Å². The number of hydrogen-bond acceptors (Lipinski definition) is 5. The molecule has 3 aromatic rings. The van der Waals surface area contributed by atoms with E-state index in [9.17, 15) is 9.59 Å². The second-order valence-corrected chi connectivity index (χ2v) is 10.0. The maximum Gasteiger partial charge on any atom is 0.310 e. The maximum atomic E-state index is 13.6. The number of para-hydroxylation sites is 1. The molecular weight excluding hydrogens is 480 g/mol. The van der Waals surface area contributed by atoms with Gasteiger partial charge in [0, 0.05) is 18.7 Å². The minimum absolute atomic E-state index is 0.0524. The van der Waals surface area contributed by atoms with E-state index < -0.39 is 0 Å². The molecule has 1 atom stereocenters. The molecule has 1 aliphatic rings. The molecule has 8 heteroatoms. The van der Waals surface area contributed by atoms with Gasteiger partial charge in [-0.2, -0.15) is 0 Å². The van der Waals surface area contributed by atoms with Crippen LogP contribution in [0.2, 0.25) is 0 Å². The molecule has 1 aromatic carbocycles. The molecule has 0 radical (unpaired) electrons. The van der Waals surface area contributed by atoms with Crippen molar-refractivity contribution in [3.63, 3.8) is 0 Å². The number of benzene rings is 1. The van der Waals surface area contributed by atoms with Crippen LogP contribution in [-0.4, -0.2) is 48.1 Å². The Kier molecular flexibility index (Phi) is 6.67. The third-order valence-electron chi connectivity index (χ3n) is 5.63. The number of esters is 1. The number of piperidine rings is 1. The summed E-state index contributed by atoms with van der Waals surface area (Å²) < 4.78 is 14.8. The van der Waals surface area contributed by atoms with Crippen molar-refractivity contribution in [2.45, 2.75) is 26.3 Å². The van der Waals surface area contributed by atoms with E-state index in [0.717, 1.165) is 38.2 Å². The number of fused-ring (bicyclic) bond motifs is 1. The molecule has 1 amide bonds. The van der Waals surface area contributed by atoms with E-state index in [1.54, 1.807) is 30.3 Å². The Morgan fingerprint density at radius 1 is 1.26 bits per heavy atom. The maximum absolute atomic E-state index is 13.6. The number of nitrogens with zero attached hydrogens (tertiary/aromatic N) is 2. The zero-order valence-corrected chi connectivity index (χ0v) is 20.0. The number of likely N-dealkylation sites (tertiary alicyclic amines) is 1. The highest BCUT2D eigenvalue weighted by atomic mass is 79.9. The fourth-order valence-electron chi connectivity index (χ4n) is 4.14. The summed E-state index contributed by atoms with van der Waals surface area (Å²) in [4.78, 5) is 27.6. The van der Waals surface area contributed by atoms with E-state index in [2.05, 4.69) is 15.9 Å². The molecule has 164 valence electrons. The molecule has 0 aliphatic carbocycles. The molecule has 0 spiro atoms. The molecule has 1 fully saturated rings. The zero-order chi connectivity index (χ0) is 22.0. The summed E-state index contributed by atoms with van der Waals surface area (Å²) in [6.45, 7) is 3.73. The van der Waals surface area contributed by atoms with Crippen molar-refractivity contribution < 1.29 is 19.1 Å². The Morgan fingerprint density at radius 3 is 2.84 bits per heavy atom. The predicted molar refractivity (Wildman–Crippen MR) is 125 cm³/mol. The summed E-state index contributed by atoms with van der Waals surface area (Å²) >= 11 is 5.17. The average Bonchev–Trinajstić information content (AvgIpc) is 3.30. The van der Waals surface area contributed by atoms with E-state index in [0.29, 0.717) is 31.9 Å². The van der Waals surface area contributed by atoms with Crippen LogP contribution in [0.4, 0.5) is 0 Å². The Balaban J connectivity index is 1.67. The topological polar surface area (TPSA) is 60.8 Å². The number of halogens is 1. The fraction of sp³-hybridized carbons (Fsp3) is 0.391. The van der Waals surface area contributed by atoms with Gasteiger partial charge in [0.15, 0.2) is 0 Å². The van der Waals surface area contributed by atoms with Gasteiger partial charge in [0.2, 0.25) is 0 Å². The molecule has 0 N–H and O–H groups in total. The molecule has 2 aromatic heterocycles. The lowest BCUT2D eigenvalue weighted by Crippen LogP contribution is -2.43. The predicted octanol–water partition coefficient (Wildman–Crippen LogP) is 4.94. The number of aromatic nitrogens is 1. The van der Waals surface area contributed by atoms with E-state index in [-0.39, 0.29) is 17.8 Å². The standard InChI is InChI=1S/C23H25BrN2O4S/c1-3-30-23(28)16-8-6-10-25(13-16)22(27)18-11-20-17(12-21(24)31-20)26(18)14-15-7-4-5-9-19(15)29-2/h4-5,7,9,11-12,16H,3,6,8,10,13-14H2,1-2H3/t16-/m0/s1. The van der Waals surface area contributed by atoms with Gasteiger partial charge in [-0.25, -0.2) is 0 Å². The molecule has 0 unspecified atom stereocenters. The largest absolute Gasteiger partial charge is 0.496 e. The van der Waals surface area contributed by atoms with Crippen molar-refractivity contribution in [2.24, 2.45) is 5.92 Å². The van der Waals surface area contributed by atoms with Crippen LogP contribution in [0.25, 0.3) is 10.2 Å². The Hall–Kier alpha value is -2.32. The molecule has 31 heavy (non-hydrogen) atoms. The highest BCUT2D eigenvalue weighted by Crippen LogP contribution is 2.34. The van der Waals surface area contributed by atoms with Crippen molar-refractivity contribution in [1.82, 2.24) is 9.47 Å². The molecule has 1 saturated heterocycles. The first-order valence-corrected chi connectivity index (χ1v) is 12.0. The molecule has 0 saturated carbocycles. The van der Waals surface area contributed by atoms with Gasteiger partial charge >= 0.3 is 5.97 Å². The Morgan fingerprint density at radius 2 is 2.06 bits per heavy atom. The monoisotopic (exact) mass is 504 g/mol. The molecule has 0 bridgehead atoms. The lowest BCUT2D eigenvalue weighted by molar-refractivity contribution is -0.149. The molecular formula is C23H25BrN2O4S. The molecule has 3 heterocycles. The number of carbonyl (C=O) groups is 2. The van der Waals surface area contributed by atoms with Crippen molar-refractivity contribution in [2.75, 3.05) is 26.8 Å². The number of rotatable bonds is 6. The highest BCUT2D eigenvalue weighted by molar-refractivity contribution is 9.11. The van der Waals surface area contributed by atoms with Crippen molar-refractivity contribution in [3.05, 3.63) is 51.4 Å². The van der Waals surface area contributed by atoms with Crippen LogP contribution < -0.4 is 4.74 Å². The number of amides is 1. The van der Waals surface area contributed by atoms with Crippen molar-refractivity contribution in [1.29, 1.82) is 0 Å². The third kappa shape index (κ3) is 4.50. The second-order valence-electron chi connectivity index (χ2n) is 7.57. The summed E-state index contributed by atoms with van der Waals surface area (Å²) in [5, 5.41) is 0. The quantitative estimate of drug-likeness (QED) is 0.446. The smallest absolute Gasteiger partial charge is 0.310 e. The van der Waals surface area contributed by atoms with Crippen LogP contribution in [0.15, 0.2) is 40.2 Å². The van der Waals surface area contributed by atoms with Crippen molar-refractivity contribution in [3.8, 4) is 5.75 Å². The lowest BCUT2D eigenvalue weighted by atomic mass is 9.98. The van der Waals surface area contributed by atoms with Gasteiger partial charge in [0.25, 0.3) is 5.91 Å². The van der Waals surface area contributed by atoms with Gasteiger partial charge in [-0.3, -0.25) is 9.59 Å². The molecule has 6 nitrogen and oxygen atoms in total. The first kappa shape index (κ1) is 21.9. The summed E-state index contributed by atoms with van der Waals surface area (Å²) in [5.74, 6) is 0.265.